The summed E-state index contributed by atoms with van der Waals surface area (Å²) in [6.07, 6.45) is 1.91. The minimum absolute atomic E-state index is 0.119. The highest BCUT2D eigenvalue weighted by molar-refractivity contribution is 5.78. The van der Waals surface area contributed by atoms with Crippen molar-refractivity contribution in [2.24, 2.45) is 7.05 Å². The van der Waals surface area contributed by atoms with E-state index in [9.17, 15) is 9.59 Å². The molecule has 1 N–H and O–H groups in total. The van der Waals surface area contributed by atoms with Crippen LogP contribution in [0.25, 0.3) is 0 Å². The summed E-state index contributed by atoms with van der Waals surface area (Å²) in [7, 11) is 3.42. The van der Waals surface area contributed by atoms with Gasteiger partial charge in [-0.15, -0.1) is 0 Å². The van der Waals surface area contributed by atoms with Gasteiger partial charge in [0.25, 0.3) is 0 Å². The Morgan fingerprint density at radius 3 is 2.45 bits per heavy atom. The first kappa shape index (κ1) is 20.2. The van der Waals surface area contributed by atoms with E-state index in [0.29, 0.717) is 12.3 Å². The predicted molar refractivity (Wildman–Crippen MR) is 111 cm³/mol. The smallest absolute Gasteiger partial charge is 0.224 e. The van der Waals surface area contributed by atoms with E-state index in [1.54, 1.807) is 17.9 Å². The lowest BCUT2D eigenvalue weighted by molar-refractivity contribution is -0.120. The number of ether oxygens (including phenoxy) is 2. The van der Waals surface area contributed by atoms with E-state index in [-0.39, 0.29) is 30.1 Å². The molecule has 6 nitrogen and oxygen atoms in total. The number of amides is 1. The van der Waals surface area contributed by atoms with Gasteiger partial charge in [0, 0.05) is 18.8 Å². The molecule has 0 radical (unpaired) electrons. The Morgan fingerprint density at radius 1 is 1.03 bits per heavy atom. The maximum atomic E-state index is 12.3. The number of hydrogen-bond donors (Lipinski definition) is 1. The third-order valence-corrected chi connectivity index (χ3v) is 4.53. The van der Waals surface area contributed by atoms with Crippen molar-refractivity contribution in [2.45, 2.75) is 19.6 Å². The van der Waals surface area contributed by atoms with Crippen molar-refractivity contribution in [1.82, 2.24) is 9.88 Å². The predicted octanol–water partition coefficient (Wildman–Crippen LogP) is 2.83. The van der Waals surface area contributed by atoms with Gasteiger partial charge >= 0.3 is 0 Å². The number of carbonyl (C=O) groups excluding carboxylic acids is 1. The van der Waals surface area contributed by atoms with Gasteiger partial charge in [0.15, 0.2) is 5.75 Å². The average Bonchev–Trinajstić information content (AvgIpc) is 2.74. The lowest BCUT2D eigenvalue weighted by atomic mass is 10.1. The van der Waals surface area contributed by atoms with Crippen LogP contribution in [0.5, 0.6) is 11.5 Å². The number of carbonyl (C=O) groups is 1. The Balaban J connectivity index is 1.57. The van der Waals surface area contributed by atoms with E-state index >= 15 is 0 Å². The van der Waals surface area contributed by atoms with Crippen molar-refractivity contribution in [1.29, 1.82) is 0 Å². The summed E-state index contributed by atoms with van der Waals surface area (Å²) < 4.78 is 12.6. The second kappa shape index (κ2) is 9.59. The van der Waals surface area contributed by atoms with E-state index < -0.39 is 0 Å². The van der Waals surface area contributed by atoms with Gasteiger partial charge in [-0.3, -0.25) is 9.59 Å². The number of pyridine rings is 1. The lowest BCUT2D eigenvalue weighted by Gasteiger charge is -2.13. The molecule has 29 heavy (non-hydrogen) atoms. The molecule has 0 saturated carbocycles. The molecular formula is C23H24N2O4. The number of nitrogens with one attached hydrogen (secondary N) is 1. The van der Waals surface area contributed by atoms with Gasteiger partial charge in [0.2, 0.25) is 11.3 Å². The molecule has 0 unspecified atom stereocenters. The minimum Gasteiger partial charge on any atom is -0.497 e. The molecule has 0 aliphatic carbocycles. The van der Waals surface area contributed by atoms with Gasteiger partial charge in [0.05, 0.1) is 26.3 Å². The first-order valence-electron chi connectivity index (χ1n) is 9.31. The molecule has 0 spiro atoms. The van der Waals surface area contributed by atoms with Crippen LogP contribution < -0.4 is 20.2 Å². The Labute approximate surface area is 169 Å². The highest BCUT2D eigenvalue weighted by atomic mass is 16.5. The molecule has 3 aromatic rings. The van der Waals surface area contributed by atoms with Crippen molar-refractivity contribution in [3.63, 3.8) is 0 Å². The molecule has 0 saturated heterocycles. The minimum atomic E-state index is -0.210. The third kappa shape index (κ3) is 5.72. The van der Waals surface area contributed by atoms with Crippen LogP contribution in [0.4, 0.5) is 0 Å². The Kier molecular flexibility index (Phi) is 6.68. The molecule has 0 aliphatic rings. The summed E-state index contributed by atoms with van der Waals surface area (Å²) in [5.41, 5.74) is 2.37. The Bertz CT molecular complexity index is 1010. The first-order valence-corrected chi connectivity index (χ1v) is 9.31. The van der Waals surface area contributed by atoms with Crippen LogP contribution in [0.1, 0.15) is 16.8 Å². The zero-order valence-corrected chi connectivity index (χ0v) is 16.6. The van der Waals surface area contributed by atoms with Gasteiger partial charge in [-0.1, -0.05) is 42.5 Å². The fourth-order valence-electron chi connectivity index (χ4n) is 2.85. The summed E-state index contributed by atoms with van der Waals surface area (Å²) in [6.45, 7) is 0.591. The number of benzene rings is 2. The number of hydrogen-bond acceptors (Lipinski definition) is 4. The van der Waals surface area contributed by atoms with E-state index in [1.807, 2.05) is 61.6 Å². The topological polar surface area (TPSA) is 69.6 Å². The SMILES string of the molecule is COc1ccc(CC(=O)NCc2cc(=O)c(OCc3ccccc3)cn2C)cc1. The monoisotopic (exact) mass is 392 g/mol. The van der Waals surface area contributed by atoms with Crippen molar-refractivity contribution in [3.05, 3.63) is 93.9 Å². The highest BCUT2D eigenvalue weighted by Gasteiger charge is 2.09. The molecule has 3 rings (SSSR count). The number of rotatable bonds is 8. The normalized spacial score (nSPS) is 10.4. The fraction of sp³-hybridized carbons (Fsp3) is 0.217. The second-order valence-electron chi connectivity index (χ2n) is 6.68. The first-order chi connectivity index (χ1) is 14.0. The Morgan fingerprint density at radius 2 is 1.76 bits per heavy atom. The highest BCUT2D eigenvalue weighted by Crippen LogP contribution is 2.12. The molecule has 0 bridgehead atoms. The van der Waals surface area contributed by atoms with Gasteiger partial charge in [0.1, 0.15) is 12.4 Å². The largest absolute Gasteiger partial charge is 0.497 e. The molecule has 2 aromatic carbocycles. The molecule has 0 aliphatic heterocycles. The summed E-state index contributed by atoms with van der Waals surface area (Å²) in [5, 5.41) is 2.85. The van der Waals surface area contributed by atoms with E-state index in [0.717, 1.165) is 16.9 Å². The summed E-state index contributed by atoms with van der Waals surface area (Å²) in [4.78, 5) is 24.6. The van der Waals surface area contributed by atoms with Crippen LogP contribution in [-0.2, 0) is 31.4 Å². The maximum Gasteiger partial charge on any atom is 0.224 e. The molecule has 150 valence electrons. The third-order valence-electron chi connectivity index (χ3n) is 4.53. The van der Waals surface area contributed by atoms with Crippen LogP contribution >= 0.6 is 0 Å². The summed E-state index contributed by atoms with van der Waals surface area (Å²) in [5.74, 6) is 0.912. The molecular weight excluding hydrogens is 368 g/mol. The van der Waals surface area contributed by atoms with Crippen LogP contribution in [0.3, 0.4) is 0 Å². The lowest BCUT2D eigenvalue weighted by Crippen LogP contribution is -2.27. The fourth-order valence-corrected chi connectivity index (χ4v) is 2.85. The average molecular weight is 392 g/mol. The quantitative estimate of drug-likeness (QED) is 0.640. The maximum absolute atomic E-state index is 12.3. The van der Waals surface area contributed by atoms with Crippen LogP contribution in [0.2, 0.25) is 0 Å². The number of aromatic nitrogens is 1. The van der Waals surface area contributed by atoms with Crippen molar-refractivity contribution >= 4 is 5.91 Å². The van der Waals surface area contributed by atoms with Crippen molar-refractivity contribution in [3.8, 4) is 11.5 Å². The van der Waals surface area contributed by atoms with Crippen molar-refractivity contribution < 1.29 is 14.3 Å². The van der Waals surface area contributed by atoms with E-state index in [4.69, 9.17) is 9.47 Å². The van der Waals surface area contributed by atoms with Gasteiger partial charge in [-0.05, 0) is 23.3 Å². The van der Waals surface area contributed by atoms with Crippen LogP contribution in [0, 0.1) is 0 Å². The van der Waals surface area contributed by atoms with E-state index in [2.05, 4.69) is 5.32 Å². The van der Waals surface area contributed by atoms with Crippen molar-refractivity contribution in [2.75, 3.05) is 7.11 Å². The number of aryl methyl sites for hydroxylation is 1. The second-order valence-corrected chi connectivity index (χ2v) is 6.68. The molecule has 0 atom stereocenters. The van der Waals surface area contributed by atoms with Crippen LogP contribution in [-0.4, -0.2) is 17.6 Å². The summed E-state index contributed by atoms with van der Waals surface area (Å²) >= 11 is 0. The Hall–Kier alpha value is -3.54. The standard InChI is InChI=1S/C23H24N2O4/c1-25-15-22(29-16-18-6-4-3-5-7-18)21(26)13-19(25)14-24-23(27)12-17-8-10-20(28-2)11-9-17/h3-11,13,15H,12,14,16H2,1-2H3,(H,24,27). The molecule has 1 aromatic heterocycles. The van der Waals surface area contributed by atoms with E-state index in [1.165, 1.54) is 6.07 Å². The molecule has 0 fully saturated rings. The van der Waals surface area contributed by atoms with Gasteiger partial charge in [-0.25, -0.2) is 0 Å². The van der Waals surface area contributed by atoms with Gasteiger partial charge in [-0.2, -0.15) is 0 Å². The molecule has 1 heterocycles. The molecule has 6 heteroatoms. The summed E-state index contributed by atoms with van der Waals surface area (Å²) in [6, 6.07) is 18.5. The zero-order valence-electron chi connectivity index (χ0n) is 16.6. The van der Waals surface area contributed by atoms with Crippen LogP contribution in [0.15, 0.2) is 71.7 Å². The molecule has 1 amide bonds. The zero-order chi connectivity index (χ0) is 20.6. The number of methoxy groups -OCH3 is 1. The number of nitrogens with zero attached hydrogens (tertiary/aromatic N) is 1. The van der Waals surface area contributed by atoms with Gasteiger partial charge < -0.3 is 19.4 Å².